The number of allylic oxidation sites excluding steroid dienone is 2. The zero-order chi connectivity index (χ0) is 41.7. The number of amidine groups is 1. The predicted molar refractivity (Wildman–Crippen MR) is 231 cm³/mol. The molecule has 5 aliphatic carbocycles. The van der Waals surface area contributed by atoms with E-state index in [1.54, 1.807) is 12.5 Å². The number of para-hydroxylation sites is 1. The van der Waals surface area contributed by atoms with Gasteiger partial charge in [-0.05, 0) is 135 Å². The minimum atomic E-state index is -0.435. The van der Waals surface area contributed by atoms with Crippen LogP contribution in [0.25, 0.3) is 6.08 Å². The van der Waals surface area contributed by atoms with Crippen LogP contribution in [-0.2, 0) is 19.1 Å². The van der Waals surface area contributed by atoms with Crippen LogP contribution in [0.2, 0.25) is 0 Å². The van der Waals surface area contributed by atoms with Gasteiger partial charge in [0.25, 0.3) is 5.91 Å². The first kappa shape index (κ1) is 41.3. The smallest absolute Gasteiger partial charge is 0.302 e. The second-order valence-electron chi connectivity index (χ2n) is 21.7. The van der Waals surface area contributed by atoms with Gasteiger partial charge < -0.3 is 15.4 Å². The summed E-state index contributed by atoms with van der Waals surface area (Å²) < 4.78 is 6.54. The molecule has 9 nitrogen and oxygen atoms in total. The van der Waals surface area contributed by atoms with Gasteiger partial charge in [0, 0.05) is 25.4 Å². The normalized spacial score (nSPS) is 37.5. The largest absolute Gasteiger partial charge is 0.462 e. The molecule has 2 amide bonds. The average Bonchev–Trinajstić information content (AvgIpc) is 3.58. The van der Waals surface area contributed by atoms with Crippen molar-refractivity contribution in [3.8, 4) is 0 Å². The lowest BCUT2D eigenvalue weighted by molar-refractivity contribution is -0.925. The monoisotopic (exact) mass is 795 g/mol. The maximum atomic E-state index is 14.8. The first-order valence-corrected chi connectivity index (χ1v) is 22.8. The fourth-order valence-electron chi connectivity index (χ4n) is 14.5. The number of anilines is 1. The lowest BCUT2D eigenvalue weighted by Crippen LogP contribution is -2.65. The van der Waals surface area contributed by atoms with Crippen molar-refractivity contribution >= 4 is 35.4 Å². The second kappa shape index (κ2) is 14.1. The van der Waals surface area contributed by atoms with E-state index in [-0.39, 0.29) is 56.9 Å². The van der Waals surface area contributed by atoms with Crippen LogP contribution in [0.15, 0.2) is 46.6 Å². The number of quaternary nitrogens is 1. The number of nitrogens with zero attached hydrogens (tertiary/aromatic N) is 3. The van der Waals surface area contributed by atoms with Gasteiger partial charge in [-0.3, -0.25) is 19.3 Å². The summed E-state index contributed by atoms with van der Waals surface area (Å²) in [4.78, 5) is 43.0. The van der Waals surface area contributed by atoms with Crippen molar-refractivity contribution < 1.29 is 23.7 Å². The van der Waals surface area contributed by atoms with Gasteiger partial charge >= 0.3 is 5.97 Å². The SMILES string of the molecule is CC[N+]1(CC)CN2C(=N1)C(C(=O)NCCNC(=O)[C@]13CCC(C)(C)C[C@H]1C1=CC[C@@H]4[C@@]5(C)CC[C@H](OC(C)=O)C(C)(C)[C@@H]5CC[C@@]4(C)[C@]1(C)CC3)=Cc1ccccc12. The quantitative estimate of drug-likeness (QED) is 0.119. The zero-order valence-electron chi connectivity index (χ0n) is 37.4. The maximum absolute atomic E-state index is 14.8. The number of hydrogen-bond acceptors (Lipinski definition) is 6. The van der Waals surface area contributed by atoms with E-state index < -0.39 is 5.41 Å². The lowest BCUT2D eigenvalue weighted by atomic mass is 9.33. The second-order valence-corrected chi connectivity index (χ2v) is 21.7. The van der Waals surface area contributed by atoms with Gasteiger partial charge in [0.15, 0.2) is 6.67 Å². The van der Waals surface area contributed by atoms with Gasteiger partial charge in [0.2, 0.25) is 11.7 Å². The minimum absolute atomic E-state index is 0.0195. The van der Waals surface area contributed by atoms with E-state index in [4.69, 9.17) is 9.84 Å². The van der Waals surface area contributed by atoms with Crippen LogP contribution in [0.5, 0.6) is 0 Å². The van der Waals surface area contributed by atoms with Crippen LogP contribution in [0.1, 0.15) is 139 Å². The number of carbonyl (C=O) groups excluding carboxylic acids is 3. The number of esters is 1. The molecule has 4 fully saturated rings. The molecule has 1 aromatic rings. The fourth-order valence-corrected chi connectivity index (χ4v) is 14.5. The van der Waals surface area contributed by atoms with Crippen molar-refractivity contribution in [1.82, 2.24) is 10.6 Å². The summed E-state index contributed by atoms with van der Waals surface area (Å²) in [6.45, 7) is 26.3. The third kappa shape index (κ3) is 6.08. The summed E-state index contributed by atoms with van der Waals surface area (Å²) in [5, 5.41) is 11.7. The van der Waals surface area contributed by atoms with Crippen LogP contribution in [0, 0.1) is 50.2 Å². The average molecular weight is 795 g/mol. The van der Waals surface area contributed by atoms with Gasteiger partial charge in [-0.15, -0.1) is 0 Å². The predicted octanol–water partition coefficient (Wildman–Crippen LogP) is 9.00. The summed E-state index contributed by atoms with van der Waals surface area (Å²) in [5.41, 5.74) is 4.23. The highest BCUT2D eigenvalue weighted by Crippen LogP contribution is 2.76. The summed E-state index contributed by atoms with van der Waals surface area (Å²) in [7, 11) is 0. The number of amides is 2. The van der Waals surface area contributed by atoms with Crippen LogP contribution >= 0.6 is 0 Å². The highest BCUT2D eigenvalue weighted by atomic mass is 16.5. The Morgan fingerprint density at radius 1 is 0.879 bits per heavy atom. The molecule has 0 aromatic heterocycles. The van der Waals surface area contributed by atoms with Gasteiger partial charge in [0.1, 0.15) is 19.2 Å². The van der Waals surface area contributed by atoms with E-state index in [2.05, 4.69) is 96.1 Å². The molecular weight excluding hydrogens is 723 g/mol. The molecule has 2 heterocycles. The Bertz CT molecular complexity index is 1960. The molecule has 1 aromatic carbocycles. The number of fused-ring (bicyclic) bond motifs is 10. The van der Waals surface area contributed by atoms with Crippen LogP contribution in [0.3, 0.4) is 0 Å². The van der Waals surface area contributed by atoms with Crippen LogP contribution in [-0.4, -0.2) is 67.2 Å². The molecule has 58 heavy (non-hydrogen) atoms. The lowest BCUT2D eigenvalue weighted by Gasteiger charge is -2.71. The Morgan fingerprint density at radius 2 is 1.59 bits per heavy atom. The van der Waals surface area contributed by atoms with Crippen molar-refractivity contribution in [3.63, 3.8) is 0 Å². The fraction of sp³-hybridized carbons (Fsp3) is 0.714. The third-order valence-corrected chi connectivity index (χ3v) is 18.2. The highest BCUT2D eigenvalue weighted by molar-refractivity contribution is 6.31. The van der Waals surface area contributed by atoms with Crippen molar-refractivity contribution in [2.24, 2.45) is 55.3 Å². The Morgan fingerprint density at radius 3 is 2.31 bits per heavy atom. The van der Waals surface area contributed by atoms with E-state index >= 15 is 0 Å². The minimum Gasteiger partial charge on any atom is -0.462 e. The molecule has 8 rings (SSSR count). The summed E-state index contributed by atoms with van der Waals surface area (Å²) >= 11 is 0. The standard InChI is InChI=1S/C49H71N5O4/c1-11-54(12-2)31-53-37-16-14-13-15-33(37)29-34(41(53)52-54)42(56)50-27-28-51-43(57)49-25-23-44(4,5)30-36(49)35-17-18-39-46(8)21-20-40(58-32(3)55)45(6,7)38(46)19-22-48(39,10)47(35,9)24-26-49/h13-17,29,36,38-40H,11-12,18-28,30-31H2,1-10H3,(H-,50,51,56,57)/p+1/t36-,38-,39+,40-,46-,47+,48+,49-/m0/s1. The third-order valence-electron chi connectivity index (χ3n) is 18.2. The van der Waals surface area contributed by atoms with Gasteiger partial charge in [-0.2, -0.15) is 4.59 Å². The van der Waals surface area contributed by atoms with Gasteiger partial charge in [-0.25, -0.2) is 0 Å². The molecule has 2 N–H and O–H groups in total. The summed E-state index contributed by atoms with van der Waals surface area (Å²) in [5.74, 6) is 1.84. The summed E-state index contributed by atoms with van der Waals surface area (Å²) in [6, 6.07) is 8.23. The Hall–Kier alpha value is -3.46. The maximum Gasteiger partial charge on any atom is 0.302 e. The number of carbonyl (C=O) groups is 3. The van der Waals surface area contributed by atoms with E-state index in [1.807, 2.05) is 18.2 Å². The number of ether oxygens (including phenoxy) is 1. The molecule has 0 saturated heterocycles. The molecule has 0 bridgehead atoms. The highest BCUT2D eigenvalue weighted by Gasteiger charge is 2.69. The number of benzene rings is 1. The molecule has 0 radical (unpaired) electrons. The zero-order valence-corrected chi connectivity index (χ0v) is 37.4. The van der Waals surface area contributed by atoms with E-state index in [9.17, 15) is 14.4 Å². The summed E-state index contributed by atoms with van der Waals surface area (Å²) in [6.07, 6.45) is 14.9. The number of hydrogen-bond donors (Lipinski definition) is 2. The van der Waals surface area contributed by atoms with Crippen molar-refractivity contribution in [2.75, 3.05) is 37.7 Å². The Labute approximate surface area is 348 Å². The van der Waals surface area contributed by atoms with Crippen LogP contribution in [0.4, 0.5) is 5.69 Å². The van der Waals surface area contributed by atoms with Gasteiger partial charge in [0.05, 0.1) is 16.7 Å². The molecule has 4 saturated carbocycles. The molecular formula is C49H72N5O4+. The van der Waals surface area contributed by atoms with E-state index in [1.165, 1.54) is 6.42 Å². The number of rotatable bonds is 8. The van der Waals surface area contributed by atoms with Gasteiger partial charge in [-0.1, -0.05) is 83.4 Å². The molecule has 0 unspecified atom stereocenters. The molecule has 0 spiro atoms. The first-order valence-electron chi connectivity index (χ1n) is 22.8. The Balaban J connectivity index is 0.999. The van der Waals surface area contributed by atoms with E-state index in [0.29, 0.717) is 41.8 Å². The molecule has 9 heteroatoms. The first-order chi connectivity index (χ1) is 27.3. The van der Waals surface area contributed by atoms with Crippen molar-refractivity contribution in [3.05, 3.63) is 47.1 Å². The van der Waals surface area contributed by atoms with Crippen LogP contribution < -0.4 is 15.5 Å². The molecule has 316 valence electrons. The van der Waals surface area contributed by atoms with Crippen molar-refractivity contribution in [2.45, 2.75) is 140 Å². The van der Waals surface area contributed by atoms with E-state index in [0.717, 1.165) is 88.0 Å². The Kier molecular flexibility index (Phi) is 10.0. The molecule has 8 atom stereocenters. The molecule has 2 aliphatic heterocycles. The van der Waals surface area contributed by atoms with Crippen molar-refractivity contribution in [1.29, 1.82) is 0 Å². The molecule has 7 aliphatic rings. The number of nitrogens with one attached hydrogen (secondary N) is 2. The topological polar surface area (TPSA) is 100 Å².